The molecular weight excluding hydrogens is 289 g/mol. The quantitative estimate of drug-likeness (QED) is 0.834. The van der Waals surface area contributed by atoms with Crippen LogP contribution in [0.2, 0.25) is 0 Å². The molecule has 0 bridgehead atoms. The molecular formula is C16H22FNO4. The molecule has 1 aromatic carbocycles. The molecule has 1 saturated heterocycles. The van der Waals surface area contributed by atoms with Crippen molar-refractivity contribution >= 4 is 5.91 Å². The van der Waals surface area contributed by atoms with Gasteiger partial charge in [-0.05, 0) is 18.9 Å². The number of methoxy groups -OCH3 is 1. The van der Waals surface area contributed by atoms with Crippen LogP contribution in [0.5, 0.6) is 0 Å². The highest BCUT2D eigenvalue weighted by molar-refractivity contribution is 5.83. The smallest absolute Gasteiger partial charge is 0.228 e. The Kier molecular flexibility index (Phi) is 5.88. The van der Waals surface area contributed by atoms with E-state index in [0.29, 0.717) is 32.7 Å². The molecule has 2 rings (SSSR count). The Labute approximate surface area is 129 Å². The molecule has 1 fully saturated rings. The highest BCUT2D eigenvalue weighted by atomic mass is 19.1. The summed E-state index contributed by atoms with van der Waals surface area (Å²) in [6, 6.07) is 5.99. The molecule has 1 aliphatic heterocycles. The van der Waals surface area contributed by atoms with Gasteiger partial charge in [-0.2, -0.15) is 0 Å². The van der Waals surface area contributed by atoms with Crippen LogP contribution >= 0.6 is 0 Å². The van der Waals surface area contributed by atoms with Gasteiger partial charge in [0.25, 0.3) is 0 Å². The number of hydrogen-bond donors (Lipinski definition) is 2. The maximum Gasteiger partial charge on any atom is 0.228 e. The van der Waals surface area contributed by atoms with E-state index in [4.69, 9.17) is 9.47 Å². The van der Waals surface area contributed by atoms with Gasteiger partial charge >= 0.3 is 0 Å². The molecule has 122 valence electrons. The van der Waals surface area contributed by atoms with E-state index in [0.717, 1.165) is 0 Å². The third-order valence-corrected chi connectivity index (χ3v) is 4.07. The Morgan fingerprint density at radius 2 is 2.14 bits per heavy atom. The van der Waals surface area contributed by atoms with Crippen molar-refractivity contribution in [1.82, 2.24) is 5.32 Å². The lowest BCUT2D eigenvalue weighted by Gasteiger charge is -2.35. The molecule has 0 aliphatic carbocycles. The van der Waals surface area contributed by atoms with Crippen LogP contribution in [0.25, 0.3) is 0 Å². The van der Waals surface area contributed by atoms with Gasteiger partial charge in [0.05, 0.1) is 18.1 Å². The highest BCUT2D eigenvalue weighted by Crippen LogP contribution is 2.31. The minimum absolute atomic E-state index is 0.0356. The van der Waals surface area contributed by atoms with Gasteiger partial charge in [-0.15, -0.1) is 0 Å². The zero-order valence-corrected chi connectivity index (χ0v) is 12.7. The third-order valence-electron chi connectivity index (χ3n) is 4.07. The second kappa shape index (κ2) is 7.67. The van der Waals surface area contributed by atoms with Crippen LogP contribution in [-0.4, -0.2) is 44.5 Å². The van der Waals surface area contributed by atoms with Crippen LogP contribution in [0.4, 0.5) is 4.39 Å². The number of aliphatic hydroxyl groups excluding tert-OH is 1. The first-order chi connectivity index (χ1) is 10.6. The Morgan fingerprint density at radius 3 is 2.77 bits per heavy atom. The molecule has 5 nitrogen and oxygen atoms in total. The SMILES string of the molecule is COCC1(C(=O)NCC(O)c2ccccc2F)CCOCC1. The number of hydrogen-bond acceptors (Lipinski definition) is 4. The molecule has 0 aromatic heterocycles. The second-order valence-electron chi connectivity index (χ2n) is 5.57. The largest absolute Gasteiger partial charge is 0.386 e. The molecule has 1 aliphatic rings. The van der Waals surface area contributed by atoms with E-state index < -0.39 is 17.3 Å². The minimum atomic E-state index is -1.08. The molecule has 22 heavy (non-hydrogen) atoms. The number of rotatable bonds is 6. The Balaban J connectivity index is 1.97. The van der Waals surface area contributed by atoms with E-state index in [1.807, 2.05) is 0 Å². The first kappa shape index (κ1) is 16.9. The van der Waals surface area contributed by atoms with Crippen LogP contribution in [0.1, 0.15) is 24.5 Å². The maximum atomic E-state index is 13.6. The second-order valence-corrected chi connectivity index (χ2v) is 5.57. The molecule has 1 amide bonds. The molecule has 0 spiro atoms. The molecule has 1 aromatic rings. The van der Waals surface area contributed by atoms with E-state index in [1.54, 1.807) is 19.2 Å². The third kappa shape index (κ3) is 3.82. The van der Waals surface area contributed by atoms with E-state index >= 15 is 0 Å². The summed E-state index contributed by atoms with van der Waals surface area (Å²) in [4.78, 5) is 12.5. The van der Waals surface area contributed by atoms with Gasteiger partial charge in [-0.3, -0.25) is 4.79 Å². The van der Waals surface area contributed by atoms with Gasteiger partial charge < -0.3 is 19.9 Å². The summed E-state index contributed by atoms with van der Waals surface area (Å²) in [5.41, 5.74) is -0.460. The van der Waals surface area contributed by atoms with Crippen molar-refractivity contribution in [3.8, 4) is 0 Å². The normalized spacial score (nSPS) is 18.7. The molecule has 6 heteroatoms. The standard InChI is InChI=1S/C16H22FNO4/c1-21-11-16(6-8-22-9-7-16)15(20)18-10-14(19)12-4-2-3-5-13(12)17/h2-5,14,19H,6-11H2,1H3,(H,18,20). The van der Waals surface area contributed by atoms with Crippen molar-refractivity contribution in [1.29, 1.82) is 0 Å². The first-order valence-electron chi connectivity index (χ1n) is 7.36. The van der Waals surface area contributed by atoms with Gasteiger partial charge in [-0.1, -0.05) is 18.2 Å². The Bertz CT molecular complexity index is 497. The fourth-order valence-corrected chi connectivity index (χ4v) is 2.71. The Hall–Kier alpha value is -1.50. The maximum absolute atomic E-state index is 13.6. The lowest BCUT2D eigenvalue weighted by molar-refractivity contribution is -0.141. The van der Waals surface area contributed by atoms with Gasteiger partial charge in [0.15, 0.2) is 0 Å². The van der Waals surface area contributed by atoms with Crippen LogP contribution in [0, 0.1) is 11.2 Å². The lowest BCUT2D eigenvalue weighted by atomic mass is 9.80. The summed E-state index contributed by atoms with van der Waals surface area (Å²) in [5.74, 6) is -0.671. The van der Waals surface area contributed by atoms with Gasteiger partial charge in [0.1, 0.15) is 5.82 Å². The number of ether oxygens (including phenoxy) is 2. The summed E-state index contributed by atoms with van der Waals surface area (Å²) in [7, 11) is 1.55. The predicted octanol–water partition coefficient (Wildman–Crippen LogP) is 1.42. The topological polar surface area (TPSA) is 67.8 Å². The van der Waals surface area contributed by atoms with Crippen LogP contribution in [0.15, 0.2) is 24.3 Å². The van der Waals surface area contributed by atoms with E-state index in [-0.39, 0.29) is 18.0 Å². The molecule has 0 saturated carbocycles. The Morgan fingerprint density at radius 1 is 1.45 bits per heavy atom. The number of halogens is 1. The fraction of sp³-hybridized carbons (Fsp3) is 0.562. The average Bonchev–Trinajstić information content (AvgIpc) is 2.54. The summed E-state index contributed by atoms with van der Waals surface area (Å²) in [6.45, 7) is 1.28. The van der Waals surface area contributed by atoms with E-state index in [2.05, 4.69) is 5.32 Å². The number of amides is 1. The van der Waals surface area contributed by atoms with Crippen molar-refractivity contribution in [3.63, 3.8) is 0 Å². The number of carbonyl (C=O) groups is 1. The lowest BCUT2D eigenvalue weighted by Crippen LogP contribution is -2.48. The zero-order valence-electron chi connectivity index (χ0n) is 12.7. The first-order valence-corrected chi connectivity index (χ1v) is 7.36. The molecule has 1 heterocycles. The minimum Gasteiger partial charge on any atom is -0.386 e. The highest BCUT2D eigenvalue weighted by Gasteiger charge is 2.40. The van der Waals surface area contributed by atoms with Crippen molar-refractivity contribution in [2.24, 2.45) is 5.41 Å². The van der Waals surface area contributed by atoms with Crippen molar-refractivity contribution in [2.75, 3.05) is 33.5 Å². The molecule has 2 N–H and O–H groups in total. The van der Waals surface area contributed by atoms with Gasteiger partial charge in [-0.25, -0.2) is 4.39 Å². The van der Waals surface area contributed by atoms with Crippen molar-refractivity contribution in [2.45, 2.75) is 18.9 Å². The monoisotopic (exact) mass is 311 g/mol. The summed E-state index contributed by atoms with van der Waals surface area (Å²) >= 11 is 0. The van der Waals surface area contributed by atoms with Gasteiger partial charge in [0.2, 0.25) is 5.91 Å². The van der Waals surface area contributed by atoms with Crippen LogP contribution < -0.4 is 5.32 Å². The number of nitrogens with one attached hydrogen (secondary N) is 1. The van der Waals surface area contributed by atoms with E-state index in [1.165, 1.54) is 12.1 Å². The van der Waals surface area contributed by atoms with Crippen molar-refractivity contribution in [3.05, 3.63) is 35.6 Å². The molecule has 1 unspecified atom stereocenters. The van der Waals surface area contributed by atoms with E-state index in [9.17, 15) is 14.3 Å². The molecule has 0 radical (unpaired) electrons. The number of benzene rings is 1. The zero-order chi connectivity index (χ0) is 16.0. The molecule has 1 atom stereocenters. The number of aliphatic hydroxyl groups is 1. The summed E-state index contributed by atoms with van der Waals surface area (Å²) < 4.78 is 24.1. The predicted molar refractivity (Wildman–Crippen MR) is 78.7 cm³/mol. The van der Waals surface area contributed by atoms with Crippen molar-refractivity contribution < 1.29 is 23.8 Å². The summed E-state index contributed by atoms with van der Waals surface area (Å²) in [5, 5.41) is 12.8. The summed E-state index contributed by atoms with van der Waals surface area (Å²) in [6.07, 6.45) is 0.0647. The van der Waals surface area contributed by atoms with Crippen LogP contribution in [0.3, 0.4) is 0 Å². The average molecular weight is 311 g/mol. The fourth-order valence-electron chi connectivity index (χ4n) is 2.71. The van der Waals surface area contributed by atoms with Gasteiger partial charge in [0, 0.05) is 32.4 Å². The van der Waals surface area contributed by atoms with Crippen LogP contribution in [-0.2, 0) is 14.3 Å². The number of carbonyl (C=O) groups excluding carboxylic acids is 1.